The van der Waals surface area contributed by atoms with E-state index in [-0.39, 0.29) is 18.6 Å². The highest BCUT2D eigenvalue weighted by molar-refractivity contribution is 5.99. The second-order valence-corrected chi connectivity index (χ2v) is 10.7. The Hall–Kier alpha value is -2.77. The Labute approximate surface area is 212 Å². The van der Waals surface area contributed by atoms with Crippen LogP contribution in [0.3, 0.4) is 0 Å². The van der Waals surface area contributed by atoms with Crippen molar-refractivity contribution in [3.05, 3.63) is 59.8 Å². The van der Waals surface area contributed by atoms with E-state index in [0.29, 0.717) is 29.3 Å². The molecule has 5 rings (SSSR count). The summed E-state index contributed by atoms with van der Waals surface area (Å²) in [5, 5.41) is 10.9. The van der Waals surface area contributed by atoms with Crippen molar-refractivity contribution in [3.63, 3.8) is 0 Å². The van der Waals surface area contributed by atoms with Crippen LogP contribution in [0.25, 0.3) is 16.6 Å². The van der Waals surface area contributed by atoms with Gasteiger partial charge in [0.05, 0.1) is 29.6 Å². The van der Waals surface area contributed by atoms with E-state index < -0.39 is 5.82 Å². The van der Waals surface area contributed by atoms with Gasteiger partial charge in [0.15, 0.2) is 0 Å². The lowest BCUT2D eigenvalue weighted by molar-refractivity contribution is 0.0754. The number of hydrogen-bond donors (Lipinski definition) is 1. The molecule has 1 aliphatic heterocycles. The van der Waals surface area contributed by atoms with E-state index in [4.69, 9.17) is 0 Å². The fourth-order valence-corrected chi connectivity index (χ4v) is 6.19. The summed E-state index contributed by atoms with van der Waals surface area (Å²) in [6.07, 6.45) is 12.5. The molecule has 3 aromatic rings. The average molecular weight is 493 g/mol. The fourth-order valence-electron chi connectivity index (χ4n) is 6.19. The highest BCUT2D eigenvalue weighted by Gasteiger charge is 2.34. The number of pyridine rings is 1. The number of aliphatic hydroxyl groups is 1. The number of aromatic nitrogens is 2. The summed E-state index contributed by atoms with van der Waals surface area (Å²) >= 11 is 0. The Kier molecular flexibility index (Phi) is 7.13. The number of halogens is 1. The summed E-state index contributed by atoms with van der Waals surface area (Å²) in [4.78, 5) is 21.8. The van der Waals surface area contributed by atoms with Gasteiger partial charge in [0.1, 0.15) is 5.82 Å². The van der Waals surface area contributed by atoms with Gasteiger partial charge in [-0.3, -0.25) is 14.7 Å². The number of aliphatic hydroxyl groups excluding tert-OH is 1. The normalized spacial score (nSPS) is 23.0. The van der Waals surface area contributed by atoms with Gasteiger partial charge < -0.3 is 14.6 Å². The topological polar surface area (TPSA) is 61.6 Å². The van der Waals surface area contributed by atoms with Crippen LogP contribution in [0.4, 0.5) is 4.39 Å². The zero-order valence-electron chi connectivity index (χ0n) is 21.5. The largest absolute Gasteiger partial charge is 0.395 e. The number of amides is 1. The number of benzene rings is 1. The first kappa shape index (κ1) is 24.9. The minimum absolute atomic E-state index is 0.00322. The summed E-state index contributed by atoms with van der Waals surface area (Å²) in [5.74, 6) is -0.202. The molecule has 1 amide bonds. The van der Waals surface area contributed by atoms with E-state index in [9.17, 15) is 14.3 Å². The van der Waals surface area contributed by atoms with E-state index >= 15 is 0 Å². The maximum absolute atomic E-state index is 14.3. The zero-order chi connectivity index (χ0) is 25.4. The molecule has 2 aromatic heterocycles. The van der Waals surface area contributed by atoms with E-state index in [2.05, 4.69) is 22.1 Å². The summed E-state index contributed by atoms with van der Waals surface area (Å²) < 4.78 is 16.3. The molecule has 2 aliphatic rings. The lowest BCUT2D eigenvalue weighted by Crippen LogP contribution is -2.42. The maximum atomic E-state index is 14.3. The van der Waals surface area contributed by atoms with Gasteiger partial charge in [-0.2, -0.15) is 0 Å². The van der Waals surface area contributed by atoms with Crippen LogP contribution in [-0.4, -0.2) is 68.7 Å². The Bertz CT molecular complexity index is 1230. The fraction of sp³-hybridized carbons (Fsp3) is 0.517. The van der Waals surface area contributed by atoms with Crippen molar-refractivity contribution in [2.24, 2.45) is 0 Å². The Morgan fingerprint density at radius 3 is 2.69 bits per heavy atom. The van der Waals surface area contributed by atoms with Gasteiger partial charge in [0.25, 0.3) is 5.91 Å². The molecular weight excluding hydrogens is 455 g/mol. The average Bonchev–Trinajstić information content (AvgIpc) is 3.53. The van der Waals surface area contributed by atoms with Crippen molar-refractivity contribution in [3.8, 4) is 5.69 Å². The third-order valence-electron chi connectivity index (χ3n) is 8.42. The molecule has 0 spiro atoms. The molecule has 0 bridgehead atoms. The highest BCUT2D eigenvalue weighted by Crippen LogP contribution is 2.41. The summed E-state index contributed by atoms with van der Waals surface area (Å²) in [6, 6.07) is 7.39. The molecule has 1 saturated carbocycles. The third kappa shape index (κ3) is 4.55. The van der Waals surface area contributed by atoms with E-state index in [1.165, 1.54) is 24.1 Å². The minimum atomic E-state index is -0.421. The Balaban J connectivity index is 1.48. The monoisotopic (exact) mass is 492 g/mol. The number of nitrogens with zero attached hydrogens (tertiary/aromatic N) is 4. The lowest BCUT2D eigenvalue weighted by atomic mass is 9.81. The molecule has 7 heteroatoms. The summed E-state index contributed by atoms with van der Waals surface area (Å²) in [7, 11) is 1.75. The SMILES string of the molecule is CC(C)N(C)C(=O)c1cc(F)ccc1-n1cc(C2CCC(N3CCCC3CO)CC2)c2ccncc21. The van der Waals surface area contributed by atoms with Crippen molar-refractivity contribution in [2.45, 2.75) is 76.4 Å². The zero-order valence-corrected chi connectivity index (χ0v) is 21.5. The highest BCUT2D eigenvalue weighted by atomic mass is 19.1. The standard InChI is InChI=1S/C29H37FN4O2/c1-19(2)32(3)29(36)25-15-21(30)8-11-27(25)34-17-26(24-12-13-31-16-28(24)34)20-6-9-22(10-7-20)33-14-4-5-23(33)18-35/h8,11-13,15-17,19-20,22-23,35H,4-7,9-10,14,18H2,1-3H3. The van der Waals surface area contributed by atoms with E-state index in [0.717, 1.165) is 49.6 Å². The maximum Gasteiger partial charge on any atom is 0.256 e. The van der Waals surface area contributed by atoms with Gasteiger partial charge in [-0.05, 0) is 94.7 Å². The van der Waals surface area contributed by atoms with Gasteiger partial charge in [-0.15, -0.1) is 0 Å². The number of rotatable bonds is 6. The molecule has 1 unspecified atom stereocenters. The molecular formula is C29H37FN4O2. The third-order valence-corrected chi connectivity index (χ3v) is 8.42. The van der Waals surface area contributed by atoms with Gasteiger partial charge in [-0.25, -0.2) is 4.39 Å². The van der Waals surface area contributed by atoms with Crippen LogP contribution in [0.2, 0.25) is 0 Å². The van der Waals surface area contributed by atoms with Crippen LogP contribution in [-0.2, 0) is 0 Å². The Morgan fingerprint density at radius 2 is 1.97 bits per heavy atom. The number of carbonyl (C=O) groups excluding carboxylic acids is 1. The molecule has 2 fully saturated rings. The van der Waals surface area contributed by atoms with E-state index in [1.807, 2.05) is 30.8 Å². The molecule has 1 aromatic carbocycles. The van der Waals surface area contributed by atoms with Gasteiger partial charge in [0.2, 0.25) is 0 Å². The lowest BCUT2D eigenvalue weighted by Gasteiger charge is -2.37. The molecule has 192 valence electrons. The molecule has 0 radical (unpaired) electrons. The summed E-state index contributed by atoms with van der Waals surface area (Å²) in [6.45, 7) is 5.25. The first-order valence-corrected chi connectivity index (χ1v) is 13.3. The molecule has 3 heterocycles. The summed E-state index contributed by atoms with van der Waals surface area (Å²) in [5.41, 5.74) is 3.23. The first-order valence-electron chi connectivity index (χ1n) is 13.3. The van der Waals surface area contributed by atoms with Gasteiger partial charge in [-0.1, -0.05) is 0 Å². The quantitative estimate of drug-likeness (QED) is 0.518. The van der Waals surface area contributed by atoms with Crippen molar-refractivity contribution in [2.75, 3.05) is 20.2 Å². The first-order chi connectivity index (χ1) is 17.4. The minimum Gasteiger partial charge on any atom is -0.395 e. The van der Waals surface area contributed by atoms with Gasteiger partial charge in [0, 0.05) is 43.0 Å². The van der Waals surface area contributed by atoms with Crippen molar-refractivity contribution >= 4 is 16.8 Å². The van der Waals surface area contributed by atoms with Gasteiger partial charge >= 0.3 is 0 Å². The van der Waals surface area contributed by atoms with Crippen molar-refractivity contribution in [1.29, 1.82) is 0 Å². The van der Waals surface area contributed by atoms with Crippen LogP contribution in [0.1, 0.15) is 74.2 Å². The number of carbonyl (C=O) groups is 1. The molecule has 1 saturated heterocycles. The second-order valence-electron chi connectivity index (χ2n) is 10.7. The van der Waals surface area contributed by atoms with Crippen LogP contribution < -0.4 is 0 Å². The van der Waals surface area contributed by atoms with Crippen LogP contribution in [0.5, 0.6) is 0 Å². The van der Waals surface area contributed by atoms with Crippen molar-refractivity contribution < 1.29 is 14.3 Å². The number of fused-ring (bicyclic) bond motifs is 1. The van der Waals surface area contributed by atoms with Crippen molar-refractivity contribution in [1.82, 2.24) is 19.4 Å². The number of hydrogen-bond acceptors (Lipinski definition) is 4. The van der Waals surface area contributed by atoms with Crippen LogP contribution in [0.15, 0.2) is 42.9 Å². The molecule has 1 aliphatic carbocycles. The molecule has 36 heavy (non-hydrogen) atoms. The second kappa shape index (κ2) is 10.3. The predicted octanol–water partition coefficient (Wildman–Crippen LogP) is 5.13. The predicted molar refractivity (Wildman–Crippen MR) is 140 cm³/mol. The molecule has 6 nitrogen and oxygen atoms in total. The van der Waals surface area contributed by atoms with Crippen LogP contribution in [0, 0.1) is 5.82 Å². The number of likely N-dealkylation sites (tertiary alicyclic amines) is 1. The molecule has 1 atom stereocenters. The van der Waals surface area contributed by atoms with E-state index in [1.54, 1.807) is 18.0 Å². The smallest absolute Gasteiger partial charge is 0.256 e. The Morgan fingerprint density at radius 1 is 1.19 bits per heavy atom. The molecule has 1 N–H and O–H groups in total. The van der Waals surface area contributed by atoms with Crippen LogP contribution >= 0.6 is 0 Å².